The minimum absolute atomic E-state index is 0.179. The number of pyridine rings is 1. The Balaban J connectivity index is 1.88. The van der Waals surface area contributed by atoms with Crippen molar-refractivity contribution < 1.29 is 0 Å². The maximum absolute atomic E-state index is 4.62. The highest BCUT2D eigenvalue weighted by molar-refractivity contribution is 5.34. The monoisotopic (exact) mass is 201 g/mol. The number of nitrogens with zero attached hydrogens (tertiary/aromatic N) is 1. The van der Waals surface area contributed by atoms with Gasteiger partial charge in [0.15, 0.2) is 0 Å². The maximum atomic E-state index is 4.62. The molecule has 0 aliphatic heterocycles. The van der Waals surface area contributed by atoms with Gasteiger partial charge in [0.2, 0.25) is 0 Å². The van der Waals surface area contributed by atoms with Gasteiger partial charge in [-0.1, -0.05) is 26.8 Å². The van der Waals surface area contributed by atoms with Crippen molar-refractivity contribution in [1.82, 2.24) is 4.98 Å². The van der Waals surface area contributed by atoms with Crippen molar-refractivity contribution >= 4 is 0 Å². The van der Waals surface area contributed by atoms with E-state index < -0.39 is 0 Å². The van der Waals surface area contributed by atoms with E-state index in [4.69, 9.17) is 0 Å². The Bertz CT molecular complexity index is 366. The summed E-state index contributed by atoms with van der Waals surface area (Å²) >= 11 is 0. The lowest BCUT2D eigenvalue weighted by molar-refractivity contribution is -0.0276. The molecular weight excluding hydrogens is 182 g/mol. The third-order valence-electron chi connectivity index (χ3n) is 4.18. The van der Waals surface area contributed by atoms with Gasteiger partial charge >= 0.3 is 0 Å². The fourth-order valence-corrected chi connectivity index (χ4v) is 2.98. The van der Waals surface area contributed by atoms with Gasteiger partial charge < -0.3 is 0 Å². The molecule has 3 fully saturated rings. The largest absolute Gasteiger partial charge is 0.260 e. The van der Waals surface area contributed by atoms with Crippen LogP contribution in [0.4, 0.5) is 0 Å². The van der Waals surface area contributed by atoms with Crippen LogP contribution in [0.1, 0.15) is 51.3 Å². The SMILES string of the molecule is CC(C)(C)c1ccc(C23CC(C2)C3)cn1. The predicted octanol–water partition coefficient (Wildman–Crippen LogP) is 3.43. The molecule has 0 N–H and O–H groups in total. The van der Waals surface area contributed by atoms with Crippen LogP contribution in [0, 0.1) is 5.92 Å². The molecule has 1 heteroatoms. The second-order valence-electron chi connectivity index (χ2n) is 6.44. The zero-order chi connectivity index (χ0) is 10.7. The Hall–Kier alpha value is -0.850. The Labute approximate surface area is 91.9 Å². The molecule has 15 heavy (non-hydrogen) atoms. The van der Waals surface area contributed by atoms with Gasteiger partial charge in [0, 0.05) is 17.3 Å². The van der Waals surface area contributed by atoms with Crippen molar-refractivity contribution in [3.8, 4) is 0 Å². The molecule has 3 aliphatic carbocycles. The van der Waals surface area contributed by atoms with Crippen molar-refractivity contribution in [2.75, 3.05) is 0 Å². The molecule has 0 amide bonds. The first-order valence-corrected chi connectivity index (χ1v) is 5.97. The molecule has 3 aliphatic rings. The van der Waals surface area contributed by atoms with Crippen LogP contribution in [0.5, 0.6) is 0 Å². The van der Waals surface area contributed by atoms with E-state index in [-0.39, 0.29) is 5.41 Å². The van der Waals surface area contributed by atoms with Crippen molar-refractivity contribution in [3.05, 3.63) is 29.6 Å². The summed E-state index contributed by atoms with van der Waals surface area (Å²) in [7, 11) is 0. The van der Waals surface area contributed by atoms with Gasteiger partial charge in [0.25, 0.3) is 0 Å². The second-order valence-corrected chi connectivity index (χ2v) is 6.44. The van der Waals surface area contributed by atoms with E-state index in [0.29, 0.717) is 5.41 Å². The Morgan fingerprint density at radius 3 is 2.20 bits per heavy atom. The Morgan fingerprint density at radius 1 is 1.20 bits per heavy atom. The summed E-state index contributed by atoms with van der Waals surface area (Å²) in [6.07, 6.45) is 6.38. The molecule has 1 aromatic heterocycles. The van der Waals surface area contributed by atoms with Gasteiger partial charge in [-0.05, 0) is 42.2 Å². The van der Waals surface area contributed by atoms with Crippen molar-refractivity contribution in [1.29, 1.82) is 0 Å². The molecule has 1 heterocycles. The van der Waals surface area contributed by atoms with E-state index in [9.17, 15) is 0 Å². The number of rotatable bonds is 1. The summed E-state index contributed by atoms with van der Waals surface area (Å²) in [6.45, 7) is 6.65. The summed E-state index contributed by atoms with van der Waals surface area (Å²) < 4.78 is 0. The molecule has 80 valence electrons. The van der Waals surface area contributed by atoms with Crippen LogP contribution in [0.3, 0.4) is 0 Å². The first kappa shape index (κ1) is 9.38. The molecule has 1 nitrogen and oxygen atoms in total. The normalized spacial score (nSPS) is 33.1. The van der Waals surface area contributed by atoms with Gasteiger partial charge in [-0.15, -0.1) is 0 Å². The van der Waals surface area contributed by atoms with Gasteiger partial charge in [-0.2, -0.15) is 0 Å². The molecule has 0 aromatic carbocycles. The smallest absolute Gasteiger partial charge is 0.0457 e. The number of hydrogen-bond donors (Lipinski definition) is 0. The minimum Gasteiger partial charge on any atom is -0.260 e. The third kappa shape index (κ3) is 1.25. The first-order valence-electron chi connectivity index (χ1n) is 5.97. The van der Waals surface area contributed by atoms with E-state index in [0.717, 1.165) is 5.92 Å². The van der Waals surface area contributed by atoms with Crippen LogP contribution in [-0.4, -0.2) is 4.98 Å². The average Bonchev–Trinajstić information content (AvgIpc) is 1.97. The highest BCUT2D eigenvalue weighted by Gasteiger charge is 2.57. The molecule has 0 radical (unpaired) electrons. The van der Waals surface area contributed by atoms with Crippen LogP contribution in [0.25, 0.3) is 0 Å². The van der Waals surface area contributed by atoms with Crippen LogP contribution >= 0.6 is 0 Å². The van der Waals surface area contributed by atoms with Crippen LogP contribution in [0.15, 0.2) is 18.3 Å². The lowest BCUT2D eigenvalue weighted by atomic mass is 9.42. The fourth-order valence-electron chi connectivity index (χ4n) is 2.98. The van der Waals surface area contributed by atoms with E-state index in [1.807, 2.05) is 0 Å². The van der Waals surface area contributed by atoms with E-state index in [1.165, 1.54) is 30.5 Å². The maximum Gasteiger partial charge on any atom is 0.0457 e. The van der Waals surface area contributed by atoms with Gasteiger partial charge in [0.1, 0.15) is 0 Å². The number of aromatic nitrogens is 1. The fraction of sp³-hybridized carbons (Fsp3) is 0.643. The van der Waals surface area contributed by atoms with E-state index in [2.05, 4.69) is 44.1 Å². The van der Waals surface area contributed by atoms with Crippen molar-refractivity contribution in [2.24, 2.45) is 5.92 Å². The highest BCUT2D eigenvalue weighted by atomic mass is 14.7. The lowest BCUT2D eigenvalue weighted by Gasteiger charge is -2.62. The second kappa shape index (κ2) is 2.63. The Morgan fingerprint density at radius 2 is 1.87 bits per heavy atom. The standard InChI is InChI=1S/C14H19N/c1-13(2,3)12-5-4-11(9-15-12)14-6-10(7-14)8-14/h4-5,9-10H,6-8H2,1-3H3. The molecule has 2 bridgehead atoms. The summed E-state index contributed by atoms with van der Waals surface area (Å²) in [5, 5.41) is 0. The zero-order valence-electron chi connectivity index (χ0n) is 9.88. The molecule has 1 aromatic rings. The summed E-state index contributed by atoms with van der Waals surface area (Å²) in [5.74, 6) is 1.05. The molecule has 0 atom stereocenters. The molecule has 3 saturated carbocycles. The molecule has 4 rings (SSSR count). The van der Waals surface area contributed by atoms with Gasteiger partial charge in [0.05, 0.1) is 0 Å². The Kier molecular flexibility index (Phi) is 1.65. The molecule has 0 saturated heterocycles. The highest BCUT2D eigenvalue weighted by Crippen LogP contribution is 2.64. The van der Waals surface area contributed by atoms with Crippen LogP contribution < -0.4 is 0 Å². The quantitative estimate of drug-likeness (QED) is 0.678. The summed E-state index contributed by atoms with van der Waals surface area (Å²) in [6, 6.07) is 4.53. The van der Waals surface area contributed by atoms with Gasteiger partial charge in [-0.3, -0.25) is 4.98 Å². The zero-order valence-corrected chi connectivity index (χ0v) is 9.88. The summed E-state index contributed by atoms with van der Waals surface area (Å²) in [4.78, 5) is 4.62. The van der Waals surface area contributed by atoms with E-state index >= 15 is 0 Å². The first-order chi connectivity index (χ1) is 7.00. The van der Waals surface area contributed by atoms with Crippen LogP contribution in [-0.2, 0) is 10.8 Å². The molecular formula is C14H19N. The molecule has 0 spiro atoms. The molecule has 0 unspecified atom stereocenters. The van der Waals surface area contributed by atoms with Crippen LogP contribution in [0.2, 0.25) is 0 Å². The summed E-state index contributed by atoms with van der Waals surface area (Å²) in [5.41, 5.74) is 3.43. The lowest BCUT2D eigenvalue weighted by Crippen LogP contribution is -2.55. The minimum atomic E-state index is 0.179. The number of hydrogen-bond acceptors (Lipinski definition) is 1. The topological polar surface area (TPSA) is 12.9 Å². The van der Waals surface area contributed by atoms with Gasteiger partial charge in [-0.25, -0.2) is 0 Å². The van der Waals surface area contributed by atoms with Crippen molar-refractivity contribution in [2.45, 2.75) is 50.9 Å². The predicted molar refractivity (Wildman–Crippen MR) is 62.0 cm³/mol. The third-order valence-corrected chi connectivity index (χ3v) is 4.18. The average molecular weight is 201 g/mol. The van der Waals surface area contributed by atoms with E-state index in [1.54, 1.807) is 0 Å². The van der Waals surface area contributed by atoms with Crippen molar-refractivity contribution in [3.63, 3.8) is 0 Å².